The molecular formula is C14H21N3O3. The molecule has 0 unspecified atom stereocenters. The molecule has 1 fully saturated rings. The van der Waals surface area contributed by atoms with Crippen LogP contribution in [-0.2, 0) is 0 Å². The van der Waals surface area contributed by atoms with E-state index in [9.17, 15) is 14.9 Å². The van der Waals surface area contributed by atoms with E-state index >= 15 is 0 Å². The molecule has 1 aliphatic rings. The lowest BCUT2D eigenvalue weighted by atomic mass is 9.82. The maximum Gasteiger partial charge on any atom is 0.287 e. The number of nitro groups is 1. The summed E-state index contributed by atoms with van der Waals surface area (Å²) in [6.07, 6.45) is 4.64. The van der Waals surface area contributed by atoms with Gasteiger partial charge in [0.2, 0.25) is 0 Å². The largest absolute Gasteiger partial charge is 0.353 e. The fourth-order valence-electron chi connectivity index (χ4n) is 2.93. The lowest BCUT2D eigenvalue weighted by Gasteiger charge is -2.26. The SMILES string of the molecule is CCC1(CC)CCN(CC(=O)c2cc([N+](=O)[O-])c[nH]2)C1. The maximum atomic E-state index is 12.1. The van der Waals surface area contributed by atoms with Crippen molar-refractivity contribution in [3.05, 3.63) is 28.1 Å². The Balaban J connectivity index is 1.97. The zero-order valence-corrected chi connectivity index (χ0v) is 12.0. The summed E-state index contributed by atoms with van der Waals surface area (Å²) < 4.78 is 0. The normalized spacial score (nSPS) is 18.3. The van der Waals surface area contributed by atoms with E-state index in [1.807, 2.05) is 0 Å². The zero-order chi connectivity index (χ0) is 14.8. The molecule has 2 heterocycles. The van der Waals surface area contributed by atoms with Gasteiger partial charge in [-0.25, -0.2) is 0 Å². The molecule has 0 aromatic carbocycles. The van der Waals surface area contributed by atoms with Gasteiger partial charge < -0.3 is 4.98 Å². The number of carbonyl (C=O) groups is 1. The second-order valence-electron chi connectivity index (χ2n) is 5.62. The van der Waals surface area contributed by atoms with Gasteiger partial charge in [-0.05, 0) is 31.2 Å². The van der Waals surface area contributed by atoms with Gasteiger partial charge in [0.25, 0.3) is 5.69 Å². The third-order valence-corrected chi connectivity index (χ3v) is 4.56. The van der Waals surface area contributed by atoms with Gasteiger partial charge in [-0.3, -0.25) is 19.8 Å². The summed E-state index contributed by atoms with van der Waals surface area (Å²) in [5.74, 6) is -0.0823. The number of H-pyrrole nitrogens is 1. The molecule has 0 amide bonds. The van der Waals surface area contributed by atoms with Crippen LogP contribution in [0.25, 0.3) is 0 Å². The molecule has 0 bridgehead atoms. The Hall–Kier alpha value is -1.69. The molecule has 0 aliphatic carbocycles. The van der Waals surface area contributed by atoms with Crippen LogP contribution >= 0.6 is 0 Å². The monoisotopic (exact) mass is 279 g/mol. The minimum Gasteiger partial charge on any atom is -0.353 e. The van der Waals surface area contributed by atoms with E-state index in [1.165, 1.54) is 12.3 Å². The molecule has 20 heavy (non-hydrogen) atoms. The summed E-state index contributed by atoms with van der Waals surface area (Å²) in [6.45, 7) is 6.59. The highest BCUT2D eigenvalue weighted by Gasteiger charge is 2.35. The van der Waals surface area contributed by atoms with Crippen molar-refractivity contribution in [1.82, 2.24) is 9.88 Å². The minimum absolute atomic E-state index is 0.0637. The number of hydrogen-bond acceptors (Lipinski definition) is 4. The first-order valence-electron chi connectivity index (χ1n) is 7.08. The van der Waals surface area contributed by atoms with Crippen molar-refractivity contribution in [1.29, 1.82) is 0 Å². The fraction of sp³-hybridized carbons (Fsp3) is 0.643. The predicted molar refractivity (Wildman–Crippen MR) is 75.8 cm³/mol. The van der Waals surface area contributed by atoms with Crippen LogP contribution in [0.2, 0.25) is 0 Å². The van der Waals surface area contributed by atoms with E-state index in [4.69, 9.17) is 0 Å². The lowest BCUT2D eigenvalue weighted by Crippen LogP contribution is -2.31. The molecule has 1 aromatic rings. The zero-order valence-electron chi connectivity index (χ0n) is 12.0. The van der Waals surface area contributed by atoms with Crippen LogP contribution in [0.1, 0.15) is 43.6 Å². The molecule has 1 aromatic heterocycles. The number of carbonyl (C=O) groups excluding carboxylic acids is 1. The van der Waals surface area contributed by atoms with E-state index < -0.39 is 4.92 Å². The van der Waals surface area contributed by atoms with Gasteiger partial charge in [-0.2, -0.15) is 0 Å². The van der Waals surface area contributed by atoms with Crippen LogP contribution in [0.5, 0.6) is 0 Å². The Morgan fingerprint density at radius 1 is 1.50 bits per heavy atom. The van der Waals surface area contributed by atoms with Gasteiger partial charge in [-0.15, -0.1) is 0 Å². The van der Waals surface area contributed by atoms with Crippen LogP contribution in [0.15, 0.2) is 12.3 Å². The number of Topliss-reactive ketones (excluding diaryl/α,β-unsaturated/α-hetero) is 1. The fourth-order valence-corrected chi connectivity index (χ4v) is 2.93. The van der Waals surface area contributed by atoms with Gasteiger partial charge >= 0.3 is 0 Å². The Labute approximate surface area is 118 Å². The highest BCUT2D eigenvalue weighted by Crippen LogP contribution is 2.36. The highest BCUT2D eigenvalue weighted by atomic mass is 16.6. The lowest BCUT2D eigenvalue weighted by molar-refractivity contribution is -0.384. The Bertz CT molecular complexity index is 506. The van der Waals surface area contributed by atoms with Gasteiger partial charge in [0.1, 0.15) is 0 Å². The highest BCUT2D eigenvalue weighted by molar-refractivity contribution is 5.96. The number of rotatable bonds is 6. The second-order valence-corrected chi connectivity index (χ2v) is 5.62. The number of nitrogens with one attached hydrogen (secondary N) is 1. The van der Waals surface area contributed by atoms with Crippen molar-refractivity contribution in [2.24, 2.45) is 5.41 Å². The van der Waals surface area contributed by atoms with Crippen LogP contribution in [0, 0.1) is 15.5 Å². The molecule has 1 aliphatic heterocycles. The molecule has 0 saturated carbocycles. The Morgan fingerprint density at radius 2 is 2.20 bits per heavy atom. The van der Waals surface area contributed by atoms with E-state index in [-0.39, 0.29) is 11.5 Å². The van der Waals surface area contributed by atoms with Gasteiger partial charge in [0, 0.05) is 12.6 Å². The number of hydrogen-bond donors (Lipinski definition) is 1. The summed E-state index contributed by atoms with van der Waals surface area (Å²) in [6, 6.07) is 1.31. The molecule has 6 nitrogen and oxygen atoms in total. The Kier molecular flexibility index (Phi) is 4.23. The molecule has 110 valence electrons. The topological polar surface area (TPSA) is 79.2 Å². The van der Waals surface area contributed by atoms with Gasteiger partial charge in [-0.1, -0.05) is 13.8 Å². The number of ketones is 1. The van der Waals surface area contributed by atoms with Crippen molar-refractivity contribution >= 4 is 11.5 Å². The Morgan fingerprint density at radius 3 is 2.70 bits per heavy atom. The summed E-state index contributed by atoms with van der Waals surface area (Å²) >= 11 is 0. The summed E-state index contributed by atoms with van der Waals surface area (Å²) in [5, 5.41) is 10.6. The first-order chi connectivity index (χ1) is 9.49. The molecule has 1 saturated heterocycles. The van der Waals surface area contributed by atoms with E-state index in [0.29, 0.717) is 17.7 Å². The van der Waals surface area contributed by atoms with Crippen molar-refractivity contribution < 1.29 is 9.72 Å². The average molecular weight is 279 g/mol. The molecule has 2 rings (SSSR count). The maximum absolute atomic E-state index is 12.1. The van der Waals surface area contributed by atoms with Crippen LogP contribution in [-0.4, -0.2) is 40.2 Å². The third-order valence-electron chi connectivity index (χ3n) is 4.56. The van der Waals surface area contributed by atoms with E-state index in [1.54, 1.807) is 0 Å². The molecule has 6 heteroatoms. The van der Waals surface area contributed by atoms with Crippen LogP contribution in [0.3, 0.4) is 0 Å². The number of likely N-dealkylation sites (tertiary alicyclic amines) is 1. The van der Waals surface area contributed by atoms with Crippen molar-refractivity contribution in [3.63, 3.8) is 0 Å². The number of aromatic nitrogens is 1. The van der Waals surface area contributed by atoms with Crippen LogP contribution in [0.4, 0.5) is 5.69 Å². The molecular weight excluding hydrogens is 258 g/mol. The standard InChI is InChI=1S/C14H21N3O3/c1-3-14(4-2)5-6-16(10-14)9-13(18)12-7-11(8-15-12)17(19)20/h7-8,15H,3-6,9-10H2,1-2H3. The van der Waals surface area contributed by atoms with Crippen LogP contribution < -0.4 is 0 Å². The number of nitrogens with zero attached hydrogens (tertiary/aromatic N) is 2. The molecule has 0 radical (unpaired) electrons. The summed E-state index contributed by atoms with van der Waals surface area (Å²) in [5.41, 5.74) is 0.593. The van der Waals surface area contributed by atoms with Gasteiger partial charge in [0.05, 0.1) is 23.4 Å². The molecule has 0 atom stereocenters. The minimum atomic E-state index is -0.498. The van der Waals surface area contributed by atoms with Crippen molar-refractivity contribution in [2.45, 2.75) is 33.1 Å². The second kappa shape index (κ2) is 5.75. The molecule has 0 spiro atoms. The third kappa shape index (κ3) is 2.90. The molecule has 1 N–H and O–H groups in total. The number of aromatic amines is 1. The summed E-state index contributed by atoms with van der Waals surface area (Å²) in [7, 11) is 0. The average Bonchev–Trinajstić information content (AvgIpc) is 3.06. The smallest absolute Gasteiger partial charge is 0.287 e. The first kappa shape index (κ1) is 14.7. The first-order valence-corrected chi connectivity index (χ1v) is 7.08. The summed E-state index contributed by atoms with van der Waals surface area (Å²) in [4.78, 5) is 27.1. The predicted octanol–water partition coefficient (Wildman–Crippen LogP) is 2.62. The quantitative estimate of drug-likeness (QED) is 0.493. The van der Waals surface area contributed by atoms with Crippen molar-refractivity contribution in [3.8, 4) is 0 Å². The van der Waals surface area contributed by atoms with Crippen molar-refractivity contribution in [2.75, 3.05) is 19.6 Å². The van der Waals surface area contributed by atoms with E-state index in [0.717, 1.165) is 32.4 Å². The van der Waals surface area contributed by atoms with E-state index in [2.05, 4.69) is 23.7 Å². The van der Waals surface area contributed by atoms with Gasteiger partial charge in [0.15, 0.2) is 5.78 Å².